The summed E-state index contributed by atoms with van der Waals surface area (Å²) in [6, 6.07) is 5.80. The van der Waals surface area contributed by atoms with Gasteiger partial charge in [-0.2, -0.15) is 5.10 Å². The van der Waals surface area contributed by atoms with Gasteiger partial charge in [-0.1, -0.05) is 0 Å². The van der Waals surface area contributed by atoms with Crippen LogP contribution in [0.5, 0.6) is 5.75 Å². The molecule has 2 heterocycles. The van der Waals surface area contributed by atoms with Crippen LogP contribution in [0.25, 0.3) is 10.7 Å². The molecule has 0 saturated carbocycles. The first-order valence-electron chi connectivity index (χ1n) is 7.16. The summed E-state index contributed by atoms with van der Waals surface area (Å²) in [5.41, 5.74) is 2.05. The number of carboxylic acid groups (broad SMARTS) is 1. The zero-order valence-corrected chi connectivity index (χ0v) is 13.6. The van der Waals surface area contributed by atoms with Gasteiger partial charge in [0.1, 0.15) is 21.5 Å². The minimum atomic E-state index is -0.989. The molecule has 0 bridgehead atoms. The van der Waals surface area contributed by atoms with Gasteiger partial charge in [-0.3, -0.25) is 5.10 Å². The predicted octanol–water partition coefficient (Wildman–Crippen LogP) is 3.30. The van der Waals surface area contributed by atoms with Gasteiger partial charge in [0.2, 0.25) is 0 Å². The molecule has 2 aromatic heterocycles. The molecule has 3 aromatic rings. The Bertz CT molecular complexity index is 858. The molecular formula is C16H14FN3O3S. The Balaban J connectivity index is 1.70. The molecule has 8 heteroatoms. The summed E-state index contributed by atoms with van der Waals surface area (Å²) in [7, 11) is 0. The number of carboxylic acids is 1. The van der Waals surface area contributed by atoms with Crippen LogP contribution in [0.1, 0.15) is 20.9 Å². The van der Waals surface area contributed by atoms with E-state index in [1.807, 2.05) is 0 Å². The van der Waals surface area contributed by atoms with E-state index in [2.05, 4.69) is 15.2 Å². The highest BCUT2D eigenvalue weighted by atomic mass is 32.1. The number of aromatic carboxylic acids is 1. The van der Waals surface area contributed by atoms with Crippen LogP contribution in [0.4, 0.5) is 4.39 Å². The van der Waals surface area contributed by atoms with E-state index in [0.717, 1.165) is 16.9 Å². The molecule has 6 nitrogen and oxygen atoms in total. The maximum absolute atomic E-state index is 12.8. The largest absolute Gasteiger partial charge is 0.493 e. The second kappa shape index (κ2) is 6.79. The van der Waals surface area contributed by atoms with Gasteiger partial charge in [-0.25, -0.2) is 14.2 Å². The summed E-state index contributed by atoms with van der Waals surface area (Å²) < 4.78 is 18.4. The number of hydrogen-bond donors (Lipinski definition) is 2. The molecule has 0 fully saturated rings. The summed E-state index contributed by atoms with van der Waals surface area (Å²) in [6.45, 7) is 2.05. The molecule has 24 heavy (non-hydrogen) atoms. The highest BCUT2D eigenvalue weighted by Gasteiger charge is 2.18. The Labute approximate surface area is 140 Å². The zero-order chi connectivity index (χ0) is 17.1. The number of hydrogen-bond acceptors (Lipinski definition) is 5. The normalized spacial score (nSPS) is 10.8. The van der Waals surface area contributed by atoms with Gasteiger partial charge in [0.15, 0.2) is 0 Å². The number of aryl methyl sites for hydroxylation is 1. The Hall–Kier alpha value is -2.74. The lowest BCUT2D eigenvalue weighted by Crippen LogP contribution is -2.01. The van der Waals surface area contributed by atoms with Gasteiger partial charge in [0.05, 0.1) is 24.2 Å². The van der Waals surface area contributed by atoms with E-state index in [1.165, 1.54) is 12.1 Å². The molecule has 124 valence electrons. The highest BCUT2D eigenvalue weighted by molar-refractivity contribution is 7.17. The van der Waals surface area contributed by atoms with Crippen molar-refractivity contribution in [3.8, 4) is 16.5 Å². The minimum Gasteiger partial charge on any atom is -0.493 e. The standard InChI is InChI=1S/C16H14FN3O3S/c1-9-14(16(21)22)24-15(19-9)13-10(8-18-20-13)6-7-23-12-4-2-11(17)3-5-12/h2-5,8H,6-7H2,1H3,(H,18,20)(H,21,22). The van der Waals surface area contributed by atoms with E-state index in [4.69, 9.17) is 9.84 Å². The second-order valence-corrected chi connectivity index (χ2v) is 6.06. The highest BCUT2D eigenvalue weighted by Crippen LogP contribution is 2.29. The van der Waals surface area contributed by atoms with Gasteiger partial charge in [-0.05, 0) is 31.2 Å². The molecule has 0 amide bonds. The first kappa shape index (κ1) is 16.1. The first-order chi connectivity index (χ1) is 11.5. The molecule has 0 unspecified atom stereocenters. The number of H-pyrrole nitrogens is 1. The molecule has 2 N–H and O–H groups in total. The molecule has 0 spiro atoms. The summed E-state index contributed by atoms with van der Waals surface area (Å²) in [5.74, 6) is -0.718. The molecule has 0 aliphatic carbocycles. The molecule has 0 aliphatic rings. The van der Waals surface area contributed by atoms with Crippen molar-refractivity contribution in [1.29, 1.82) is 0 Å². The fourth-order valence-corrected chi connectivity index (χ4v) is 3.13. The quantitative estimate of drug-likeness (QED) is 0.714. The summed E-state index contributed by atoms with van der Waals surface area (Å²) >= 11 is 1.11. The number of nitrogens with one attached hydrogen (secondary N) is 1. The van der Waals surface area contributed by atoms with Crippen LogP contribution < -0.4 is 4.74 Å². The van der Waals surface area contributed by atoms with Crippen LogP contribution in [0.2, 0.25) is 0 Å². The smallest absolute Gasteiger partial charge is 0.347 e. The lowest BCUT2D eigenvalue weighted by Gasteiger charge is -2.05. The van der Waals surface area contributed by atoms with Crippen molar-refractivity contribution < 1.29 is 19.0 Å². The van der Waals surface area contributed by atoms with Crippen molar-refractivity contribution in [1.82, 2.24) is 15.2 Å². The van der Waals surface area contributed by atoms with E-state index in [9.17, 15) is 9.18 Å². The van der Waals surface area contributed by atoms with Crippen molar-refractivity contribution >= 4 is 17.3 Å². The predicted molar refractivity (Wildman–Crippen MR) is 87.0 cm³/mol. The van der Waals surface area contributed by atoms with Gasteiger partial charge < -0.3 is 9.84 Å². The van der Waals surface area contributed by atoms with Crippen molar-refractivity contribution in [2.45, 2.75) is 13.3 Å². The van der Waals surface area contributed by atoms with Gasteiger partial charge in [0, 0.05) is 12.0 Å². The molecular weight excluding hydrogens is 333 g/mol. The van der Waals surface area contributed by atoms with E-state index < -0.39 is 5.97 Å². The lowest BCUT2D eigenvalue weighted by molar-refractivity contribution is 0.0701. The number of aromatic nitrogens is 3. The van der Waals surface area contributed by atoms with Crippen molar-refractivity contribution in [3.05, 3.63) is 52.4 Å². The number of nitrogens with zero attached hydrogens (tertiary/aromatic N) is 2. The van der Waals surface area contributed by atoms with E-state index in [1.54, 1.807) is 25.3 Å². The first-order valence-corrected chi connectivity index (χ1v) is 7.98. The Morgan fingerprint density at radius 1 is 1.38 bits per heavy atom. The second-order valence-electron chi connectivity index (χ2n) is 5.06. The third-order valence-electron chi connectivity index (χ3n) is 3.38. The third kappa shape index (κ3) is 3.43. The van der Waals surface area contributed by atoms with Crippen LogP contribution in [-0.2, 0) is 6.42 Å². The maximum Gasteiger partial charge on any atom is 0.347 e. The molecule has 3 rings (SSSR count). The molecule has 0 saturated heterocycles. The summed E-state index contributed by atoms with van der Waals surface area (Å²) in [6.07, 6.45) is 2.23. The number of ether oxygens (including phenoxy) is 1. The summed E-state index contributed by atoms with van der Waals surface area (Å²) in [4.78, 5) is 15.7. The monoisotopic (exact) mass is 347 g/mol. The van der Waals surface area contributed by atoms with E-state index in [0.29, 0.717) is 35.2 Å². The Morgan fingerprint density at radius 3 is 2.79 bits per heavy atom. The topological polar surface area (TPSA) is 88.1 Å². The molecule has 1 aromatic carbocycles. The van der Waals surface area contributed by atoms with Crippen molar-refractivity contribution in [3.63, 3.8) is 0 Å². The third-order valence-corrected chi connectivity index (χ3v) is 4.54. The van der Waals surface area contributed by atoms with Gasteiger partial charge in [0.25, 0.3) is 0 Å². The summed E-state index contributed by atoms with van der Waals surface area (Å²) in [5, 5.41) is 16.6. The van der Waals surface area contributed by atoms with E-state index >= 15 is 0 Å². The molecule has 0 atom stereocenters. The number of halogens is 1. The zero-order valence-electron chi connectivity index (χ0n) is 12.7. The van der Waals surface area contributed by atoms with Crippen molar-refractivity contribution in [2.24, 2.45) is 0 Å². The van der Waals surface area contributed by atoms with Crippen LogP contribution in [-0.4, -0.2) is 32.9 Å². The fourth-order valence-electron chi connectivity index (χ4n) is 2.20. The molecule has 0 radical (unpaired) electrons. The number of thiazole rings is 1. The number of benzene rings is 1. The van der Waals surface area contributed by atoms with E-state index in [-0.39, 0.29) is 10.7 Å². The SMILES string of the molecule is Cc1nc(-c2[nH]ncc2CCOc2ccc(F)cc2)sc1C(=O)O. The maximum atomic E-state index is 12.8. The number of carbonyl (C=O) groups is 1. The lowest BCUT2D eigenvalue weighted by atomic mass is 10.2. The average Bonchev–Trinajstić information content (AvgIpc) is 3.15. The van der Waals surface area contributed by atoms with Crippen molar-refractivity contribution in [2.75, 3.05) is 6.61 Å². The Kier molecular flexibility index (Phi) is 4.57. The fraction of sp³-hybridized carbons (Fsp3) is 0.188. The number of aromatic amines is 1. The van der Waals surface area contributed by atoms with Crippen LogP contribution in [0, 0.1) is 12.7 Å². The van der Waals surface area contributed by atoms with Crippen LogP contribution in [0.3, 0.4) is 0 Å². The van der Waals surface area contributed by atoms with Gasteiger partial charge in [-0.15, -0.1) is 11.3 Å². The number of rotatable bonds is 6. The Morgan fingerprint density at radius 2 is 2.12 bits per heavy atom. The van der Waals surface area contributed by atoms with Crippen LogP contribution in [0.15, 0.2) is 30.5 Å². The molecule has 0 aliphatic heterocycles. The minimum absolute atomic E-state index is 0.216. The van der Waals surface area contributed by atoms with Crippen LogP contribution >= 0.6 is 11.3 Å². The average molecular weight is 347 g/mol. The van der Waals surface area contributed by atoms with Gasteiger partial charge >= 0.3 is 5.97 Å².